The smallest absolute Gasteiger partial charge is 0.221 e. The second-order valence-electron chi connectivity index (χ2n) is 6.00. The molecule has 2 rings (SSSR count). The highest BCUT2D eigenvalue weighted by molar-refractivity contribution is 7.88. The van der Waals surface area contributed by atoms with E-state index in [-0.39, 0.29) is 12.3 Å². The molecule has 0 unspecified atom stereocenters. The second-order valence-corrected chi connectivity index (χ2v) is 8.22. The van der Waals surface area contributed by atoms with Crippen molar-refractivity contribution in [2.75, 3.05) is 45.6 Å². The quantitative estimate of drug-likeness (QED) is 0.685. The molecule has 1 fully saturated rings. The van der Waals surface area contributed by atoms with E-state index in [4.69, 9.17) is 16.3 Å². The maximum absolute atomic E-state index is 12.2. The normalized spacial score (nSPS) is 17.2. The summed E-state index contributed by atoms with van der Waals surface area (Å²) in [6, 6.07) is 6.14. The maximum atomic E-state index is 12.2. The van der Waals surface area contributed by atoms with Crippen molar-refractivity contribution in [2.24, 2.45) is 0 Å². The zero-order valence-electron chi connectivity index (χ0n) is 14.2. The molecule has 0 bridgehead atoms. The van der Waals surface area contributed by atoms with Gasteiger partial charge in [0.1, 0.15) is 0 Å². The molecule has 1 aliphatic rings. The summed E-state index contributed by atoms with van der Waals surface area (Å²) in [6.45, 7) is 4.42. The molecule has 140 valence electrons. The molecule has 0 radical (unpaired) electrons. The van der Waals surface area contributed by atoms with Crippen LogP contribution in [0.5, 0.6) is 0 Å². The summed E-state index contributed by atoms with van der Waals surface area (Å²) in [5.41, 5.74) is 0.693. The van der Waals surface area contributed by atoms with Crippen LogP contribution in [0.15, 0.2) is 24.3 Å². The molecular formula is C16H24ClN3O4S. The van der Waals surface area contributed by atoms with Gasteiger partial charge in [0, 0.05) is 37.6 Å². The van der Waals surface area contributed by atoms with Crippen LogP contribution in [0.25, 0.3) is 0 Å². The first-order valence-corrected chi connectivity index (χ1v) is 10.4. The molecule has 0 spiro atoms. The number of carbonyl (C=O) groups is 1. The van der Waals surface area contributed by atoms with E-state index in [0.29, 0.717) is 30.3 Å². The van der Waals surface area contributed by atoms with Gasteiger partial charge < -0.3 is 10.1 Å². The van der Waals surface area contributed by atoms with Crippen LogP contribution in [0.4, 0.5) is 0 Å². The lowest BCUT2D eigenvalue weighted by Gasteiger charge is -2.26. The molecule has 1 amide bonds. The van der Waals surface area contributed by atoms with Crippen molar-refractivity contribution in [1.29, 1.82) is 0 Å². The summed E-state index contributed by atoms with van der Waals surface area (Å²) in [7, 11) is -3.45. The third-order valence-electron chi connectivity index (χ3n) is 3.87. The van der Waals surface area contributed by atoms with E-state index < -0.39 is 16.1 Å². The fourth-order valence-electron chi connectivity index (χ4n) is 2.62. The monoisotopic (exact) mass is 389 g/mol. The molecule has 7 nitrogen and oxygen atoms in total. The predicted octanol–water partition coefficient (Wildman–Crippen LogP) is 0.769. The zero-order chi connectivity index (χ0) is 18.3. The Labute approximate surface area is 153 Å². The molecule has 1 saturated heterocycles. The molecule has 0 aliphatic carbocycles. The largest absolute Gasteiger partial charge is 0.379 e. The molecule has 0 saturated carbocycles. The number of sulfonamides is 1. The molecular weight excluding hydrogens is 366 g/mol. The van der Waals surface area contributed by atoms with Crippen LogP contribution in [-0.2, 0) is 19.6 Å². The Morgan fingerprint density at radius 1 is 1.28 bits per heavy atom. The van der Waals surface area contributed by atoms with Gasteiger partial charge in [0.2, 0.25) is 15.9 Å². The van der Waals surface area contributed by atoms with Gasteiger partial charge in [-0.05, 0) is 17.7 Å². The fraction of sp³-hybridized carbons (Fsp3) is 0.562. The lowest BCUT2D eigenvalue weighted by atomic mass is 10.0. The number of ether oxygens (including phenoxy) is 1. The molecule has 1 atom stereocenters. The van der Waals surface area contributed by atoms with Crippen LogP contribution in [-0.4, -0.2) is 64.9 Å². The first-order chi connectivity index (χ1) is 11.8. The van der Waals surface area contributed by atoms with E-state index in [1.165, 1.54) is 0 Å². The predicted molar refractivity (Wildman–Crippen MR) is 97.1 cm³/mol. The van der Waals surface area contributed by atoms with Gasteiger partial charge in [0.25, 0.3) is 0 Å². The van der Waals surface area contributed by atoms with E-state index in [1.807, 2.05) is 0 Å². The van der Waals surface area contributed by atoms with Gasteiger partial charge in [-0.3, -0.25) is 9.69 Å². The van der Waals surface area contributed by atoms with Crippen LogP contribution in [0.3, 0.4) is 0 Å². The van der Waals surface area contributed by atoms with Gasteiger partial charge in [-0.2, -0.15) is 0 Å². The van der Waals surface area contributed by atoms with Crippen molar-refractivity contribution in [2.45, 2.75) is 12.5 Å². The number of nitrogens with zero attached hydrogens (tertiary/aromatic N) is 1. The first kappa shape index (κ1) is 20.1. The van der Waals surface area contributed by atoms with Gasteiger partial charge in [-0.15, -0.1) is 0 Å². The number of hydrogen-bond donors (Lipinski definition) is 2. The Morgan fingerprint density at radius 3 is 2.52 bits per heavy atom. The summed E-state index contributed by atoms with van der Waals surface area (Å²) in [6.07, 6.45) is 1.10. The fourth-order valence-corrected chi connectivity index (χ4v) is 3.48. The molecule has 1 aromatic rings. The number of nitrogens with one attached hydrogen (secondary N) is 2. The molecule has 1 aromatic carbocycles. The van der Waals surface area contributed by atoms with Crippen LogP contribution < -0.4 is 10.0 Å². The van der Waals surface area contributed by atoms with E-state index in [2.05, 4.69) is 14.9 Å². The van der Waals surface area contributed by atoms with Crippen molar-refractivity contribution < 1.29 is 17.9 Å². The molecule has 1 heterocycles. The summed E-state index contributed by atoms with van der Waals surface area (Å²) in [5, 5.41) is 3.40. The highest BCUT2D eigenvalue weighted by Gasteiger charge is 2.20. The lowest BCUT2D eigenvalue weighted by Crippen LogP contribution is -2.42. The van der Waals surface area contributed by atoms with Crippen LogP contribution in [0.1, 0.15) is 18.0 Å². The Bertz CT molecular complexity index is 660. The number of carbonyl (C=O) groups excluding carboxylic acids is 1. The standard InChI is InChI=1S/C16H24ClN3O4S/c1-25(22,23)19-15(13-2-4-14(17)5-3-13)12-16(21)18-6-7-20-8-10-24-11-9-20/h2-5,15,19H,6-12H2,1H3,(H,18,21)/t15-/m0/s1. The van der Waals surface area contributed by atoms with E-state index >= 15 is 0 Å². The number of hydrogen-bond acceptors (Lipinski definition) is 5. The minimum absolute atomic E-state index is 0.0256. The van der Waals surface area contributed by atoms with E-state index in [9.17, 15) is 13.2 Å². The average Bonchev–Trinajstić information content (AvgIpc) is 2.54. The van der Waals surface area contributed by atoms with Gasteiger partial charge in [0.15, 0.2) is 0 Å². The maximum Gasteiger partial charge on any atom is 0.221 e. The molecule has 9 heteroatoms. The van der Waals surface area contributed by atoms with Crippen LogP contribution in [0, 0.1) is 0 Å². The topological polar surface area (TPSA) is 87.7 Å². The van der Waals surface area contributed by atoms with Crippen molar-refractivity contribution in [3.8, 4) is 0 Å². The number of morpholine rings is 1. The van der Waals surface area contributed by atoms with Crippen molar-refractivity contribution >= 4 is 27.5 Å². The van der Waals surface area contributed by atoms with Crippen LogP contribution >= 0.6 is 11.6 Å². The zero-order valence-corrected chi connectivity index (χ0v) is 15.8. The lowest BCUT2D eigenvalue weighted by molar-refractivity contribution is -0.121. The van der Waals surface area contributed by atoms with Gasteiger partial charge in [-0.1, -0.05) is 23.7 Å². The van der Waals surface area contributed by atoms with Gasteiger partial charge >= 0.3 is 0 Å². The highest BCUT2D eigenvalue weighted by atomic mass is 35.5. The van der Waals surface area contributed by atoms with Crippen molar-refractivity contribution in [3.05, 3.63) is 34.9 Å². The molecule has 2 N–H and O–H groups in total. The molecule has 0 aromatic heterocycles. The first-order valence-electron chi connectivity index (χ1n) is 8.13. The SMILES string of the molecule is CS(=O)(=O)N[C@@H](CC(=O)NCCN1CCOCC1)c1ccc(Cl)cc1. The third kappa shape index (κ3) is 7.70. The number of benzene rings is 1. The Morgan fingerprint density at radius 2 is 1.92 bits per heavy atom. The number of halogens is 1. The Balaban J connectivity index is 1.88. The summed E-state index contributed by atoms with van der Waals surface area (Å²) >= 11 is 5.87. The minimum atomic E-state index is -3.45. The van der Waals surface area contributed by atoms with Crippen molar-refractivity contribution in [3.63, 3.8) is 0 Å². The minimum Gasteiger partial charge on any atom is -0.379 e. The third-order valence-corrected chi connectivity index (χ3v) is 4.84. The summed E-state index contributed by atoms with van der Waals surface area (Å²) in [4.78, 5) is 14.4. The average molecular weight is 390 g/mol. The van der Waals surface area contributed by atoms with E-state index in [0.717, 1.165) is 25.9 Å². The van der Waals surface area contributed by atoms with Crippen molar-refractivity contribution in [1.82, 2.24) is 14.9 Å². The number of amides is 1. The summed E-state index contributed by atoms with van der Waals surface area (Å²) < 4.78 is 31.0. The van der Waals surface area contributed by atoms with Gasteiger partial charge in [0.05, 0.1) is 25.5 Å². The Kier molecular flexibility index (Phi) is 7.64. The second kappa shape index (κ2) is 9.49. The summed E-state index contributed by atoms with van der Waals surface area (Å²) in [5.74, 6) is -0.204. The highest BCUT2D eigenvalue weighted by Crippen LogP contribution is 2.20. The Hall–Kier alpha value is -1.19. The van der Waals surface area contributed by atoms with E-state index in [1.54, 1.807) is 24.3 Å². The van der Waals surface area contributed by atoms with Gasteiger partial charge in [-0.25, -0.2) is 13.1 Å². The molecule has 25 heavy (non-hydrogen) atoms. The number of rotatable bonds is 8. The molecule has 1 aliphatic heterocycles. The van der Waals surface area contributed by atoms with Crippen LogP contribution in [0.2, 0.25) is 5.02 Å².